The van der Waals surface area contributed by atoms with Gasteiger partial charge in [0.25, 0.3) is 0 Å². The van der Waals surface area contributed by atoms with Gasteiger partial charge in [-0.3, -0.25) is 9.71 Å². The number of rotatable bonds is 2. The Morgan fingerprint density at radius 2 is 2.05 bits per heavy atom. The molecule has 1 aliphatic heterocycles. The van der Waals surface area contributed by atoms with Crippen molar-refractivity contribution in [2.24, 2.45) is 4.99 Å². The zero-order chi connectivity index (χ0) is 13.1. The monoisotopic (exact) mass is 270 g/mol. The lowest BCUT2D eigenvalue weighted by molar-refractivity contribution is 0.815. The van der Waals surface area contributed by atoms with Crippen molar-refractivity contribution in [3.8, 4) is 0 Å². The molecule has 1 aromatic heterocycles. The highest BCUT2D eigenvalue weighted by Crippen LogP contribution is 2.28. The Morgan fingerprint density at radius 1 is 1.21 bits per heavy atom. The normalized spacial score (nSPS) is 17.2. The average Bonchev–Trinajstić information content (AvgIpc) is 2.48. The second kappa shape index (κ2) is 5.32. The van der Waals surface area contributed by atoms with Crippen molar-refractivity contribution in [3.05, 3.63) is 54.4 Å². The average molecular weight is 270 g/mol. The van der Waals surface area contributed by atoms with Crippen molar-refractivity contribution in [2.75, 3.05) is 5.32 Å². The molecule has 0 saturated carbocycles. The smallest absolute Gasteiger partial charge is 0.206 e. The van der Waals surface area contributed by atoms with E-state index in [0.29, 0.717) is 0 Å². The van der Waals surface area contributed by atoms with Crippen molar-refractivity contribution in [3.63, 3.8) is 0 Å². The van der Waals surface area contributed by atoms with Crippen molar-refractivity contribution < 1.29 is 0 Å². The molecular formula is C14H14N4S. The molecule has 19 heavy (non-hydrogen) atoms. The first-order valence-electron chi connectivity index (χ1n) is 6.09. The molecule has 0 unspecified atom stereocenters. The lowest BCUT2D eigenvalue weighted by atomic mass is 10.1. The first-order valence-corrected chi connectivity index (χ1v) is 6.91. The van der Waals surface area contributed by atoms with Crippen LogP contribution in [-0.4, -0.2) is 10.9 Å². The Kier molecular flexibility index (Phi) is 3.37. The van der Waals surface area contributed by atoms with Gasteiger partial charge >= 0.3 is 0 Å². The zero-order valence-electron chi connectivity index (χ0n) is 10.5. The summed E-state index contributed by atoms with van der Waals surface area (Å²) in [6.07, 6.45) is 3.60. The van der Waals surface area contributed by atoms with Crippen LogP contribution in [-0.2, 0) is 0 Å². The molecule has 2 heterocycles. The van der Waals surface area contributed by atoms with Gasteiger partial charge < -0.3 is 5.32 Å². The minimum atomic E-state index is 0.111. The van der Waals surface area contributed by atoms with E-state index in [2.05, 4.69) is 39.1 Å². The maximum atomic E-state index is 4.66. The van der Waals surface area contributed by atoms with Crippen molar-refractivity contribution in [2.45, 2.75) is 17.9 Å². The minimum Gasteiger partial charge on any atom is -0.324 e. The fourth-order valence-corrected chi connectivity index (χ4v) is 2.53. The summed E-state index contributed by atoms with van der Waals surface area (Å²) in [5.74, 6) is 0.778. The third-order valence-corrected chi connectivity index (χ3v) is 3.74. The summed E-state index contributed by atoms with van der Waals surface area (Å²) in [7, 11) is 0. The Hall–Kier alpha value is -2.01. The summed E-state index contributed by atoms with van der Waals surface area (Å²) in [6, 6.07) is 12.3. The molecule has 0 aliphatic carbocycles. The Labute approximate surface area is 116 Å². The summed E-state index contributed by atoms with van der Waals surface area (Å²) in [5, 5.41) is 3.28. The van der Waals surface area contributed by atoms with E-state index in [1.807, 2.05) is 30.5 Å². The van der Waals surface area contributed by atoms with Gasteiger partial charge in [0.05, 0.1) is 16.6 Å². The van der Waals surface area contributed by atoms with E-state index in [1.54, 1.807) is 6.20 Å². The van der Waals surface area contributed by atoms with Crippen LogP contribution < -0.4 is 10.0 Å². The van der Waals surface area contributed by atoms with Crippen LogP contribution in [0.25, 0.3) is 0 Å². The largest absolute Gasteiger partial charge is 0.324 e. The SMILES string of the molecule is C[C@@H](N=C1NSc2cnccc2N1)c1ccccc1. The summed E-state index contributed by atoms with van der Waals surface area (Å²) in [4.78, 5) is 9.83. The number of nitrogens with one attached hydrogen (secondary N) is 2. The highest BCUT2D eigenvalue weighted by Gasteiger charge is 2.14. The summed E-state index contributed by atoms with van der Waals surface area (Å²) in [5.41, 5.74) is 2.24. The van der Waals surface area contributed by atoms with Crippen LogP contribution in [0.1, 0.15) is 18.5 Å². The summed E-state index contributed by atoms with van der Waals surface area (Å²) >= 11 is 1.53. The molecule has 2 N–H and O–H groups in total. The number of fused-ring (bicyclic) bond motifs is 1. The van der Waals surface area contributed by atoms with Crippen LogP contribution in [0.5, 0.6) is 0 Å². The Balaban J connectivity index is 1.79. The van der Waals surface area contributed by atoms with E-state index in [4.69, 9.17) is 0 Å². The topological polar surface area (TPSA) is 49.3 Å². The number of anilines is 1. The zero-order valence-corrected chi connectivity index (χ0v) is 11.3. The fourth-order valence-electron chi connectivity index (χ4n) is 1.88. The van der Waals surface area contributed by atoms with Crippen LogP contribution in [0.15, 0.2) is 58.7 Å². The number of guanidine groups is 1. The molecule has 1 aromatic carbocycles. The predicted octanol–water partition coefficient (Wildman–Crippen LogP) is 3.22. The first kappa shape index (κ1) is 12.0. The lowest BCUT2D eigenvalue weighted by Crippen LogP contribution is -2.29. The first-order chi connectivity index (χ1) is 9.33. The van der Waals surface area contributed by atoms with Gasteiger partial charge in [0.2, 0.25) is 5.96 Å². The van der Waals surface area contributed by atoms with Crippen LogP contribution in [0.2, 0.25) is 0 Å². The Bertz CT molecular complexity index is 597. The molecule has 0 spiro atoms. The van der Waals surface area contributed by atoms with E-state index in [0.717, 1.165) is 16.5 Å². The molecule has 2 aromatic rings. The van der Waals surface area contributed by atoms with Crippen LogP contribution in [0.3, 0.4) is 0 Å². The molecule has 0 bridgehead atoms. The summed E-state index contributed by atoms with van der Waals surface area (Å²) in [6.45, 7) is 2.08. The molecule has 5 heteroatoms. The molecule has 0 amide bonds. The van der Waals surface area contributed by atoms with Crippen LogP contribution in [0.4, 0.5) is 5.69 Å². The van der Waals surface area contributed by atoms with Crippen molar-refractivity contribution in [1.82, 2.24) is 9.71 Å². The third-order valence-electron chi connectivity index (χ3n) is 2.90. The number of nitrogens with zero attached hydrogens (tertiary/aromatic N) is 2. The number of aliphatic imine (C=N–C) groups is 1. The van der Waals surface area contributed by atoms with E-state index < -0.39 is 0 Å². The van der Waals surface area contributed by atoms with Crippen molar-refractivity contribution in [1.29, 1.82) is 0 Å². The van der Waals surface area contributed by atoms with E-state index in [-0.39, 0.29) is 6.04 Å². The fraction of sp³-hybridized carbons (Fsp3) is 0.143. The maximum Gasteiger partial charge on any atom is 0.206 e. The number of benzene rings is 1. The molecule has 0 saturated heterocycles. The van der Waals surface area contributed by atoms with Gasteiger partial charge in [-0.25, -0.2) is 4.99 Å². The van der Waals surface area contributed by atoms with E-state index >= 15 is 0 Å². The van der Waals surface area contributed by atoms with Gasteiger partial charge in [0.1, 0.15) is 0 Å². The standard InChI is InChI=1S/C14H14N4S/c1-10(11-5-3-2-4-6-11)16-14-17-12-7-8-15-9-13(12)19-18-14/h2-10H,1H3,(H2,16,17,18)/t10-/m1/s1. The third kappa shape index (κ3) is 2.71. The second-order valence-corrected chi connectivity index (χ2v) is 5.11. The molecular weight excluding hydrogens is 256 g/mol. The van der Waals surface area contributed by atoms with Gasteiger partial charge in [0, 0.05) is 12.4 Å². The number of hydrogen-bond acceptors (Lipinski definition) is 3. The molecule has 3 rings (SSSR count). The van der Waals surface area contributed by atoms with Gasteiger partial charge in [-0.05, 0) is 30.5 Å². The molecule has 1 atom stereocenters. The van der Waals surface area contributed by atoms with Gasteiger partial charge in [0.15, 0.2) is 0 Å². The Morgan fingerprint density at radius 3 is 2.89 bits per heavy atom. The highest BCUT2D eigenvalue weighted by atomic mass is 32.2. The molecule has 0 radical (unpaired) electrons. The molecule has 4 nitrogen and oxygen atoms in total. The molecule has 0 fully saturated rings. The van der Waals surface area contributed by atoms with Gasteiger partial charge in [-0.1, -0.05) is 30.3 Å². The van der Waals surface area contributed by atoms with E-state index in [9.17, 15) is 0 Å². The minimum absolute atomic E-state index is 0.111. The van der Waals surface area contributed by atoms with Gasteiger partial charge in [-0.15, -0.1) is 0 Å². The van der Waals surface area contributed by atoms with Gasteiger partial charge in [-0.2, -0.15) is 0 Å². The van der Waals surface area contributed by atoms with Crippen LogP contribution >= 0.6 is 11.9 Å². The number of hydrogen-bond donors (Lipinski definition) is 2. The van der Waals surface area contributed by atoms with Crippen LogP contribution in [0, 0.1) is 0 Å². The highest BCUT2D eigenvalue weighted by molar-refractivity contribution is 7.98. The second-order valence-electron chi connectivity index (χ2n) is 4.27. The number of pyridine rings is 1. The van der Waals surface area contributed by atoms with E-state index in [1.165, 1.54) is 17.5 Å². The predicted molar refractivity (Wildman–Crippen MR) is 79.1 cm³/mol. The summed E-state index contributed by atoms with van der Waals surface area (Å²) < 4.78 is 3.19. The molecule has 96 valence electrons. The maximum absolute atomic E-state index is 4.66. The molecule has 1 aliphatic rings. The number of aromatic nitrogens is 1. The quantitative estimate of drug-likeness (QED) is 0.823. The lowest BCUT2D eigenvalue weighted by Gasteiger charge is -2.21. The van der Waals surface area contributed by atoms with Crippen molar-refractivity contribution >= 4 is 23.6 Å².